The monoisotopic (exact) mass is 962 g/mol. The number of rotatable bonds is 36. The van der Waals surface area contributed by atoms with Gasteiger partial charge in [0.1, 0.15) is 31.0 Å². The van der Waals surface area contributed by atoms with Gasteiger partial charge in [-0.15, -0.1) is 0 Å². The summed E-state index contributed by atoms with van der Waals surface area (Å²) in [5.74, 6) is -1.66. The van der Waals surface area contributed by atoms with Crippen molar-refractivity contribution in [1.82, 2.24) is 15.1 Å². The lowest BCUT2D eigenvalue weighted by atomic mass is 9.72. The molecule has 2 aliphatic heterocycles. The molecule has 12 nitrogen and oxygen atoms in total. The Bertz CT molecular complexity index is 1720. The second-order valence-electron chi connectivity index (χ2n) is 19.9. The van der Waals surface area contributed by atoms with Crippen molar-refractivity contribution in [3.63, 3.8) is 0 Å². The molecule has 12 heteroatoms. The number of amides is 3. The van der Waals surface area contributed by atoms with Crippen LogP contribution >= 0.6 is 0 Å². The Morgan fingerprint density at radius 1 is 0.667 bits per heavy atom. The van der Waals surface area contributed by atoms with E-state index in [9.17, 15) is 29.7 Å². The summed E-state index contributed by atoms with van der Waals surface area (Å²) in [4.78, 5) is 60.6. The number of carbonyl (C=O) groups excluding carboxylic acids is 4. The summed E-state index contributed by atoms with van der Waals surface area (Å²) in [5.41, 5.74) is -0.915. The van der Waals surface area contributed by atoms with Crippen LogP contribution in [0.3, 0.4) is 0 Å². The number of nitrogens with zero attached hydrogens (tertiary/aromatic N) is 2. The first-order valence-corrected chi connectivity index (χ1v) is 27.5. The van der Waals surface area contributed by atoms with Gasteiger partial charge in [-0.25, -0.2) is 4.79 Å². The van der Waals surface area contributed by atoms with Crippen LogP contribution in [0.1, 0.15) is 211 Å². The molecule has 1 spiro atoms. The number of carbonyl (C=O) groups is 4. The number of aliphatic hydroxyl groups excluding tert-OH is 3. The highest BCUT2D eigenvalue weighted by Crippen LogP contribution is 2.43. The summed E-state index contributed by atoms with van der Waals surface area (Å²) in [6.07, 6.45) is 23.5. The van der Waals surface area contributed by atoms with Gasteiger partial charge in [-0.05, 0) is 24.0 Å². The third-order valence-electron chi connectivity index (χ3n) is 14.4. The SMILES string of the molecule is CCCCCCCCCCCCCCCCCCN(C(=O)CCCCCCCCCCCCC)[C@@H]1O[C@H](CO)[C@@H](O)[C@H](O)C12C(=O)C[C@H](NC(=O)OCc1ccccc1)C(=O)N2Cc1ccccc1. The molecular weight excluding hydrogens is 871 g/mol. The quantitative estimate of drug-likeness (QED) is 0.0486. The van der Waals surface area contributed by atoms with Gasteiger partial charge in [0.05, 0.1) is 6.61 Å². The number of unbranched alkanes of at least 4 members (excludes halogenated alkanes) is 25. The molecule has 6 atom stereocenters. The molecule has 388 valence electrons. The van der Waals surface area contributed by atoms with Crippen molar-refractivity contribution >= 4 is 23.7 Å². The Morgan fingerprint density at radius 3 is 1.59 bits per heavy atom. The van der Waals surface area contributed by atoms with Crippen LogP contribution in [0, 0.1) is 0 Å². The van der Waals surface area contributed by atoms with E-state index in [4.69, 9.17) is 9.47 Å². The number of Topliss-reactive ketones (excluding diaryl/α,β-unsaturated/α-hetero) is 1. The predicted molar refractivity (Wildman–Crippen MR) is 273 cm³/mol. The molecule has 2 aromatic carbocycles. The largest absolute Gasteiger partial charge is 0.445 e. The molecule has 4 N–H and O–H groups in total. The molecule has 1 unspecified atom stereocenters. The van der Waals surface area contributed by atoms with Crippen LogP contribution < -0.4 is 5.32 Å². The van der Waals surface area contributed by atoms with E-state index in [1.165, 1.54) is 125 Å². The highest BCUT2D eigenvalue weighted by molar-refractivity contribution is 6.04. The number of hydrogen-bond donors (Lipinski definition) is 4. The van der Waals surface area contributed by atoms with Crippen LogP contribution in [0.4, 0.5) is 4.79 Å². The van der Waals surface area contributed by atoms with Gasteiger partial charge in [0, 0.05) is 25.9 Å². The van der Waals surface area contributed by atoms with Gasteiger partial charge < -0.3 is 39.9 Å². The molecule has 2 fully saturated rings. The number of aliphatic hydroxyl groups is 3. The number of piperidine rings is 1. The molecule has 2 heterocycles. The number of ether oxygens (including phenoxy) is 2. The summed E-state index contributed by atoms with van der Waals surface area (Å²) >= 11 is 0. The average Bonchev–Trinajstić information content (AvgIpc) is 3.36. The van der Waals surface area contributed by atoms with E-state index in [0.717, 1.165) is 50.5 Å². The smallest absolute Gasteiger partial charge is 0.408 e. The molecule has 0 aliphatic carbocycles. The Balaban J connectivity index is 1.50. The highest BCUT2D eigenvalue weighted by atomic mass is 16.6. The number of nitrogens with one attached hydrogen (secondary N) is 1. The Labute approximate surface area is 415 Å². The van der Waals surface area contributed by atoms with Crippen molar-refractivity contribution in [3.05, 3.63) is 71.8 Å². The molecule has 0 bridgehead atoms. The van der Waals surface area contributed by atoms with Crippen LogP contribution in [0.25, 0.3) is 0 Å². The highest BCUT2D eigenvalue weighted by Gasteiger charge is 2.68. The van der Waals surface area contributed by atoms with Gasteiger partial charge in [0.15, 0.2) is 17.6 Å². The zero-order valence-electron chi connectivity index (χ0n) is 42.7. The van der Waals surface area contributed by atoms with E-state index in [1.54, 1.807) is 36.4 Å². The van der Waals surface area contributed by atoms with E-state index in [2.05, 4.69) is 19.2 Å². The number of hydrogen-bond acceptors (Lipinski definition) is 9. The molecule has 2 saturated heterocycles. The van der Waals surface area contributed by atoms with Crippen LogP contribution in [0.5, 0.6) is 0 Å². The first kappa shape index (κ1) is 57.7. The summed E-state index contributed by atoms with van der Waals surface area (Å²) in [7, 11) is 0. The lowest BCUT2D eigenvalue weighted by Crippen LogP contribution is -2.83. The van der Waals surface area contributed by atoms with E-state index in [1.807, 2.05) is 24.3 Å². The van der Waals surface area contributed by atoms with Gasteiger partial charge in [-0.1, -0.05) is 235 Å². The van der Waals surface area contributed by atoms with Crippen molar-refractivity contribution in [2.75, 3.05) is 13.2 Å². The van der Waals surface area contributed by atoms with Crippen LogP contribution in [-0.4, -0.2) is 98.1 Å². The van der Waals surface area contributed by atoms with Gasteiger partial charge >= 0.3 is 6.09 Å². The maximum atomic E-state index is 15.1. The van der Waals surface area contributed by atoms with Crippen molar-refractivity contribution < 1.29 is 44.0 Å². The normalized spacial score (nSPS) is 21.5. The maximum Gasteiger partial charge on any atom is 0.408 e. The Morgan fingerprint density at radius 2 is 1.12 bits per heavy atom. The molecule has 0 saturated carbocycles. The first-order chi connectivity index (χ1) is 33.7. The number of ketones is 1. The van der Waals surface area contributed by atoms with E-state index in [0.29, 0.717) is 18.4 Å². The molecule has 4 rings (SSSR count). The zero-order chi connectivity index (χ0) is 49.5. The first-order valence-electron chi connectivity index (χ1n) is 27.5. The maximum absolute atomic E-state index is 15.1. The lowest BCUT2D eigenvalue weighted by molar-refractivity contribution is -0.278. The number of alkyl carbamates (subject to hydrolysis) is 1. The van der Waals surface area contributed by atoms with Gasteiger partial charge in [-0.3, -0.25) is 14.4 Å². The minimum atomic E-state index is -2.27. The van der Waals surface area contributed by atoms with Crippen LogP contribution in [-0.2, 0) is 37.0 Å². The van der Waals surface area contributed by atoms with Crippen molar-refractivity contribution in [3.8, 4) is 0 Å². The second kappa shape index (κ2) is 33.7. The molecule has 0 aromatic heterocycles. The summed E-state index contributed by atoms with van der Waals surface area (Å²) in [6, 6.07) is 16.7. The zero-order valence-corrected chi connectivity index (χ0v) is 42.7. The molecule has 2 aliphatic rings. The van der Waals surface area contributed by atoms with Gasteiger partial charge in [-0.2, -0.15) is 0 Å². The Kier molecular flexibility index (Phi) is 28.2. The van der Waals surface area contributed by atoms with Gasteiger partial charge in [0.25, 0.3) is 0 Å². The van der Waals surface area contributed by atoms with Crippen molar-refractivity contribution in [2.45, 2.75) is 249 Å². The van der Waals surface area contributed by atoms with Gasteiger partial charge in [0.2, 0.25) is 11.8 Å². The Hall–Kier alpha value is -3.84. The topological polar surface area (TPSA) is 166 Å². The number of likely N-dealkylation sites (tertiary alicyclic amines) is 1. The summed E-state index contributed by atoms with van der Waals surface area (Å²) in [5, 5.41) is 37.0. The summed E-state index contributed by atoms with van der Waals surface area (Å²) in [6.45, 7) is 3.73. The summed E-state index contributed by atoms with van der Waals surface area (Å²) < 4.78 is 11.9. The number of benzene rings is 2. The van der Waals surface area contributed by atoms with Crippen LogP contribution in [0.15, 0.2) is 60.7 Å². The van der Waals surface area contributed by atoms with E-state index < -0.39 is 66.9 Å². The van der Waals surface area contributed by atoms with E-state index >= 15 is 4.79 Å². The van der Waals surface area contributed by atoms with Crippen molar-refractivity contribution in [2.24, 2.45) is 0 Å². The van der Waals surface area contributed by atoms with Crippen LogP contribution in [0.2, 0.25) is 0 Å². The van der Waals surface area contributed by atoms with E-state index in [-0.39, 0.29) is 32.0 Å². The minimum absolute atomic E-state index is 0.0574. The fourth-order valence-electron chi connectivity index (χ4n) is 10.3. The molecule has 3 amide bonds. The predicted octanol–water partition coefficient (Wildman–Crippen LogP) is 11.3. The lowest BCUT2D eigenvalue weighted by Gasteiger charge is -2.59. The molecule has 2 aromatic rings. The van der Waals surface area contributed by atoms with Crippen molar-refractivity contribution in [1.29, 1.82) is 0 Å². The fourth-order valence-corrected chi connectivity index (χ4v) is 10.3. The average molecular weight is 962 g/mol. The standard InChI is InChI=1S/C57H91N3O9/c1-3-5-7-9-11-13-15-16-17-18-19-21-23-25-27-35-41-59(51(63)40-34-26-24-22-20-14-12-10-8-6-4-2)55-57(53(65)52(64)49(44-61)69-55)50(62)42-48(54(66)60(57)43-46-36-30-28-31-37-46)58-56(67)68-45-47-38-32-29-33-39-47/h28-33,36-39,48-49,52-53,55,61,64-65H,3-27,34-35,40-45H2,1-2H3,(H,58,67)/t48-,49+,52+,53-,55+,57?/m0/s1. The fraction of sp³-hybridized carbons (Fsp3) is 0.719. The molecule has 69 heavy (non-hydrogen) atoms. The third kappa shape index (κ3) is 19.0. The minimum Gasteiger partial charge on any atom is -0.445 e. The molecule has 0 radical (unpaired) electrons. The third-order valence-corrected chi connectivity index (χ3v) is 14.4. The molecular formula is C57H91N3O9. The second-order valence-corrected chi connectivity index (χ2v) is 19.9.